The number of amides is 1. The van der Waals surface area contributed by atoms with Gasteiger partial charge in [0.15, 0.2) is 0 Å². The molecule has 1 amide bonds. The highest BCUT2D eigenvalue weighted by Gasteiger charge is 2.13. The first-order valence-corrected chi connectivity index (χ1v) is 7.67. The molecular formula is C14H20ClNO2S. The smallest absolute Gasteiger partial charge is 0.233 e. The van der Waals surface area contributed by atoms with Gasteiger partial charge in [0.05, 0.1) is 5.25 Å². The average molecular weight is 302 g/mol. The van der Waals surface area contributed by atoms with E-state index in [1.54, 1.807) is 0 Å². The van der Waals surface area contributed by atoms with Gasteiger partial charge in [-0.1, -0.05) is 11.6 Å². The second kappa shape index (κ2) is 9.23. The minimum Gasteiger partial charge on any atom is -0.382 e. The number of hydrogen-bond donors (Lipinski definition) is 1. The fourth-order valence-corrected chi connectivity index (χ4v) is 2.46. The van der Waals surface area contributed by atoms with E-state index in [9.17, 15) is 4.79 Å². The van der Waals surface area contributed by atoms with E-state index in [-0.39, 0.29) is 11.2 Å². The lowest BCUT2D eigenvalue weighted by Crippen LogP contribution is -2.32. The first kappa shape index (κ1) is 16.3. The largest absolute Gasteiger partial charge is 0.382 e. The maximum absolute atomic E-state index is 11.8. The highest BCUT2D eigenvalue weighted by molar-refractivity contribution is 8.00. The zero-order chi connectivity index (χ0) is 14.1. The molecule has 0 saturated carbocycles. The number of thioether (sulfide) groups is 1. The summed E-state index contributed by atoms with van der Waals surface area (Å²) in [7, 11) is 0. The molecule has 5 heteroatoms. The Balaban J connectivity index is 2.26. The van der Waals surface area contributed by atoms with Crippen molar-refractivity contribution < 1.29 is 9.53 Å². The van der Waals surface area contributed by atoms with Crippen LogP contribution in [0.2, 0.25) is 5.02 Å². The van der Waals surface area contributed by atoms with Gasteiger partial charge in [0, 0.05) is 29.7 Å². The van der Waals surface area contributed by atoms with E-state index >= 15 is 0 Å². The third-order valence-electron chi connectivity index (χ3n) is 2.46. The zero-order valence-electron chi connectivity index (χ0n) is 11.3. The Bertz CT molecular complexity index is 384. The molecule has 0 unspecified atom stereocenters. The number of carbonyl (C=O) groups excluding carboxylic acids is 1. The van der Waals surface area contributed by atoms with Gasteiger partial charge in [-0.25, -0.2) is 0 Å². The lowest BCUT2D eigenvalue weighted by atomic mass is 10.4. The van der Waals surface area contributed by atoms with E-state index in [1.807, 2.05) is 38.1 Å². The molecule has 0 spiro atoms. The molecule has 0 aliphatic carbocycles. The molecule has 0 saturated heterocycles. The molecule has 1 atom stereocenters. The SMILES string of the molecule is CCOCCCNC(=O)[C@@H](C)Sc1ccc(Cl)cc1. The number of benzene rings is 1. The fraction of sp³-hybridized carbons (Fsp3) is 0.500. The molecule has 0 fully saturated rings. The molecule has 0 aliphatic heterocycles. The summed E-state index contributed by atoms with van der Waals surface area (Å²) >= 11 is 7.35. The number of ether oxygens (including phenoxy) is 1. The summed E-state index contributed by atoms with van der Waals surface area (Å²) in [6, 6.07) is 7.50. The van der Waals surface area contributed by atoms with Crippen molar-refractivity contribution in [2.75, 3.05) is 19.8 Å². The Morgan fingerprint density at radius 3 is 2.74 bits per heavy atom. The lowest BCUT2D eigenvalue weighted by Gasteiger charge is -2.12. The van der Waals surface area contributed by atoms with Gasteiger partial charge in [0.1, 0.15) is 0 Å². The van der Waals surface area contributed by atoms with Crippen molar-refractivity contribution >= 4 is 29.3 Å². The third-order valence-corrected chi connectivity index (χ3v) is 3.83. The number of nitrogens with one attached hydrogen (secondary N) is 1. The monoisotopic (exact) mass is 301 g/mol. The quantitative estimate of drug-likeness (QED) is 0.591. The maximum atomic E-state index is 11.8. The van der Waals surface area contributed by atoms with Crippen LogP contribution in [0, 0.1) is 0 Å². The van der Waals surface area contributed by atoms with E-state index in [4.69, 9.17) is 16.3 Å². The predicted octanol–water partition coefficient (Wildman–Crippen LogP) is 3.36. The van der Waals surface area contributed by atoms with E-state index in [0.717, 1.165) is 17.9 Å². The van der Waals surface area contributed by atoms with Gasteiger partial charge in [-0.05, 0) is 44.5 Å². The van der Waals surface area contributed by atoms with Gasteiger partial charge in [-0.3, -0.25) is 4.79 Å². The van der Waals surface area contributed by atoms with Crippen LogP contribution in [-0.2, 0) is 9.53 Å². The topological polar surface area (TPSA) is 38.3 Å². The number of hydrogen-bond acceptors (Lipinski definition) is 3. The summed E-state index contributed by atoms with van der Waals surface area (Å²) in [5.41, 5.74) is 0. The van der Waals surface area contributed by atoms with E-state index in [2.05, 4.69) is 5.32 Å². The summed E-state index contributed by atoms with van der Waals surface area (Å²) in [6.07, 6.45) is 0.845. The Hall–Kier alpha value is -0.710. The van der Waals surface area contributed by atoms with Crippen molar-refractivity contribution in [2.45, 2.75) is 30.4 Å². The molecule has 1 rings (SSSR count). The first-order valence-electron chi connectivity index (χ1n) is 6.41. The van der Waals surface area contributed by atoms with Crippen molar-refractivity contribution in [1.82, 2.24) is 5.32 Å². The fourth-order valence-electron chi connectivity index (χ4n) is 1.44. The third kappa shape index (κ3) is 6.85. The normalized spacial score (nSPS) is 12.2. The Kier molecular flexibility index (Phi) is 7.94. The Morgan fingerprint density at radius 1 is 1.42 bits per heavy atom. The van der Waals surface area contributed by atoms with Gasteiger partial charge in [-0.15, -0.1) is 11.8 Å². The molecule has 0 bridgehead atoms. The Morgan fingerprint density at radius 2 is 2.11 bits per heavy atom. The molecule has 1 N–H and O–H groups in total. The van der Waals surface area contributed by atoms with Crippen molar-refractivity contribution in [3.05, 3.63) is 29.3 Å². The summed E-state index contributed by atoms with van der Waals surface area (Å²) in [6.45, 7) is 5.93. The van der Waals surface area contributed by atoms with Crippen molar-refractivity contribution in [3.8, 4) is 0 Å². The van der Waals surface area contributed by atoms with Crippen molar-refractivity contribution in [1.29, 1.82) is 0 Å². The van der Waals surface area contributed by atoms with Crippen LogP contribution in [-0.4, -0.2) is 30.9 Å². The molecule has 1 aromatic carbocycles. The molecule has 0 heterocycles. The molecule has 106 valence electrons. The standard InChI is InChI=1S/C14H20ClNO2S/c1-3-18-10-4-9-16-14(17)11(2)19-13-7-5-12(15)6-8-13/h5-8,11H,3-4,9-10H2,1-2H3,(H,16,17)/t11-/m1/s1. The molecule has 0 aromatic heterocycles. The first-order chi connectivity index (χ1) is 9.13. The highest BCUT2D eigenvalue weighted by atomic mass is 35.5. The average Bonchev–Trinajstić information content (AvgIpc) is 2.41. The molecular weight excluding hydrogens is 282 g/mol. The predicted molar refractivity (Wildman–Crippen MR) is 80.9 cm³/mol. The van der Waals surface area contributed by atoms with Crippen LogP contribution in [0.1, 0.15) is 20.3 Å². The van der Waals surface area contributed by atoms with Gasteiger partial charge >= 0.3 is 0 Å². The number of halogens is 1. The van der Waals surface area contributed by atoms with Crippen LogP contribution in [0.15, 0.2) is 29.2 Å². The lowest BCUT2D eigenvalue weighted by molar-refractivity contribution is -0.120. The summed E-state index contributed by atoms with van der Waals surface area (Å²) in [5.74, 6) is 0.0523. The van der Waals surface area contributed by atoms with Gasteiger partial charge in [0.2, 0.25) is 5.91 Å². The van der Waals surface area contributed by atoms with Crippen LogP contribution >= 0.6 is 23.4 Å². The summed E-state index contributed by atoms with van der Waals surface area (Å²) in [5, 5.41) is 3.50. The second-order valence-electron chi connectivity index (χ2n) is 4.06. The number of carbonyl (C=O) groups is 1. The van der Waals surface area contributed by atoms with Crippen LogP contribution in [0.3, 0.4) is 0 Å². The molecule has 19 heavy (non-hydrogen) atoms. The molecule has 1 aromatic rings. The minimum absolute atomic E-state index is 0.0523. The minimum atomic E-state index is -0.117. The zero-order valence-corrected chi connectivity index (χ0v) is 12.9. The molecule has 0 aliphatic rings. The summed E-state index contributed by atoms with van der Waals surface area (Å²) < 4.78 is 5.21. The van der Waals surface area contributed by atoms with Gasteiger partial charge in [0.25, 0.3) is 0 Å². The van der Waals surface area contributed by atoms with Crippen LogP contribution < -0.4 is 5.32 Å². The highest BCUT2D eigenvalue weighted by Crippen LogP contribution is 2.24. The van der Waals surface area contributed by atoms with Crippen molar-refractivity contribution in [3.63, 3.8) is 0 Å². The van der Waals surface area contributed by atoms with E-state index in [1.165, 1.54) is 11.8 Å². The summed E-state index contributed by atoms with van der Waals surface area (Å²) in [4.78, 5) is 12.9. The van der Waals surface area contributed by atoms with Gasteiger partial charge in [-0.2, -0.15) is 0 Å². The van der Waals surface area contributed by atoms with Crippen molar-refractivity contribution in [2.24, 2.45) is 0 Å². The molecule has 0 radical (unpaired) electrons. The van der Waals surface area contributed by atoms with Crippen LogP contribution in [0.5, 0.6) is 0 Å². The van der Waals surface area contributed by atoms with E-state index < -0.39 is 0 Å². The molecule has 3 nitrogen and oxygen atoms in total. The second-order valence-corrected chi connectivity index (χ2v) is 5.91. The van der Waals surface area contributed by atoms with Crippen LogP contribution in [0.25, 0.3) is 0 Å². The maximum Gasteiger partial charge on any atom is 0.233 e. The van der Waals surface area contributed by atoms with E-state index in [0.29, 0.717) is 18.2 Å². The Labute approximate surface area is 124 Å². The number of rotatable bonds is 8. The van der Waals surface area contributed by atoms with Crippen LogP contribution in [0.4, 0.5) is 0 Å². The van der Waals surface area contributed by atoms with Gasteiger partial charge < -0.3 is 10.1 Å².